The van der Waals surface area contributed by atoms with E-state index in [4.69, 9.17) is 19.5 Å². The molecule has 0 bridgehead atoms. The predicted molar refractivity (Wildman–Crippen MR) is 199 cm³/mol. The number of carbonyl (C=O) groups excluding carboxylic acids is 1. The lowest BCUT2D eigenvalue weighted by Crippen LogP contribution is -2.58. The van der Waals surface area contributed by atoms with Crippen LogP contribution in [0.4, 0.5) is 5.82 Å². The van der Waals surface area contributed by atoms with Gasteiger partial charge in [-0.2, -0.15) is 0 Å². The van der Waals surface area contributed by atoms with Gasteiger partial charge >= 0.3 is 7.82 Å². The van der Waals surface area contributed by atoms with Gasteiger partial charge in [-0.05, 0) is 105 Å². The first-order valence-corrected chi connectivity index (χ1v) is 21.0. The Morgan fingerprint density at radius 2 is 1.80 bits per heavy atom. The number of hydrogen-bond acceptors (Lipinski definition) is 14. The van der Waals surface area contributed by atoms with Crippen molar-refractivity contribution >= 4 is 30.6 Å². The third kappa shape index (κ3) is 6.91. The lowest BCUT2D eigenvalue weighted by atomic mass is 9.43. The summed E-state index contributed by atoms with van der Waals surface area (Å²) in [4.78, 5) is 37.2. The van der Waals surface area contributed by atoms with Crippen LogP contribution in [-0.4, -0.2) is 105 Å². The zero-order valence-corrected chi connectivity index (χ0v) is 33.4. The van der Waals surface area contributed by atoms with Crippen LogP contribution in [0.1, 0.15) is 99.1 Å². The number of nitrogens with zero attached hydrogens (tertiary/aromatic N) is 4. The van der Waals surface area contributed by atoms with Gasteiger partial charge in [-0.15, -0.1) is 0 Å². The Balaban J connectivity index is 1.08. The van der Waals surface area contributed by atoms with E-state index in [9.17, 15) is 39.8 Å². The molecule has 3 saturated carbocycles. The number of carbonyl (C=O) groups is 1. The Labute approximate surface area is 321 Å². The Bertz CT molecular complexity index is 1870. The number of rotatable bonds is 11. The maximum atomic E-state index is 13.7. The van der Waals surface area contributed by atoms with Crippen molar-refractivity contribution in [1.82, 2.24) is 19.5 Å². The number of nitrogens with two attached hydrogens (primary N) is 1. The first-order valence-electron chi connectivity index (χ1n) is 19.5. The molecule has 4 fully saturated rings. The average Bonchev–Trinajstić information content (AvgIpc) is 3.74. The number of imidazole rings is 1. The number of ether oxygens (including phenoxy) is 1. The van der Waals surface area contributed by atoms with Crippen LogP contribution in [-0.2, 0) is 23.1 Å². The van der Waals surface area contributed by atoms with Crippen molar-refractivity contribution in [3.8, 4) is 0 Å². The summed E-state index contributed by atoms with van der Waals surface area (Å²) < 4.78 is 32.5. The number of anilines is 1. The fraction of sp³-hybridized carbons (Fsp3) is 0.789. The van der Waals surface area contributed by atoms with E-state index >= 15 is 0 Å². The number of nitrogen functional groups attached to an aromatic ring is 1. The second kappa shape index (κ2) is 14.2. The van der Waals surface area contributed by atoms with Gasteiger partial charge in [0.25, 0.3) is 0 Å². The van der Waals surface area contributed by atoms with E-state index in [1.807, 2.05) is 13.0 Å². The zero-order chi connectivity index (χ0) is 40.0. The number of allylic oxidation sites excluding steroid dienone is 2. The number of fused-ring (bicyclic) bond motifs is 6. The zero-order valence-electron chi connectivity index (χ0n) is 32.5. The smallest absolute Gasteiger partial charge is 0.390 e. The fourth-order valence-electron chi connectivity index (χ4n) is 11.3. The van der Waals surface area contributed by atoms with E-state index in [0.717, 1.165) is 31.3 Å². The normalized spacial score (nSPS) is 41.3. The van der Waals surface area contributed by atoms with E-state index in [1.54, 1.807) is 13.8 Å². The first kappa shape index (κ1) is 40.8. The molecule has 2 aromatic rings. The number of aliphatic hydroxyl groups is 5. The summed E-state index contributed by atoms with van der Waals surface area (Å²) in [5.41, 5.74) is 5.36. The molecule has 55 heavy (non-hydrogen) atoms. The van der Waals surface area contributed by atoms with E-state index in [-0.39, 0.29) is 76.5 Å². The Kier molecular flexibility index (Phi) is 10.5. The molecule has 0 aromatic carbocycles. The van der Waals surface area contributed by atoms with Gasteiger partial charge in [0.2, 0.25) is 0 Å². The summed E-state index contributed by atoms with van der Waals surface area (Å²) in [5, 5.41) is 53.7. The number of aliphatic hydroxyl groups excluding tert-OH is 4. The average molecular weight is 792 g/mol. The van der Waals surface area contributed by atoms with Crippen LogP contribution in [0.25, 0.3) is 11.2 Å². The van der Waals surface area contributed by atoms with Crippen molar-refractivity contribution in [3.63, 3.8) is 0 Å². The number of phosphoric ester groups is 1. The van der Waals surface area contributed by atoms with Gasteiger partial charge in [-0.3, -0.25) is 18.4 Å². The highest BCUT2D eigenvalue weighted by molar-refractivity contribution is 7.47. The minimum absolute atomic E-state index is 0.0127. The van der Waals surface area contributed by atoms with Crippen LogP contribution in [0.15, 0.2) is 24.3 Å². The number of hydrogen-bond donors (Lipinski definition) is 7. The van der Waals surface area contributed by atoms with Gasteiger partial charge in [0.05, 0.1) is 36.8 Å². The van der Waals surface area contributed by atoms with Crippen LogP contribution in [0, 0.1) is 39.9 Å². The molecular weight excluding hydrogens is 733 g/mol. The van der Waals surface area contributed by atoms with Gasteiger partial charge in [0.1, 0.15) is 30.2 Å². The molecule has 1 aliphatic heterocycles. The van der Waals surface area contributed by atoms with Crippen molar-refractivity contribution in [2.45, 2.75) is 141 Å². The highest BCUT2D eigenvalue weighted by Crippen LogP contribution is 2.72. The molecule has 0 amide bonds. The van der Waals surface area contributed by atoms with Crippen molar-refractivity contribution in [2.24, 2.45) is 39.9 Å². The molecule has 4 unspecified atom stereocenters. The van der Waals surface area contributed by atoms with Crippen LogP contribution in [0.3, 0.4) is 0 Å². The van der Waals surface area contributed by atoms with E-state index in [2.05, 4.69) is 35.7 Å². The number of ketones is 1. The van der Waals surface area contributed by atoms with Crippen LogP contribution >= 0.6 is 7.82 Å². The van der Waals surface area contributed by atoms with E-state index in [1.165, 1.54) is 17.2 Å². The third-order valence-corrected chi connectivity index (χ3v) is 15.7. The lowest BCUT2D eigenvalue weighted by molar-refractivity contribution is -0.146. The molecule has 8 N–H and O–H groups in total. The largest absolute Gasteiger partial charge is 0.472 e. The molecule has 15 atom stereocenters. The van der Waals surface area contributed by atoms with Gasteiger partial charge in [0, 0.05) is 5.92 Å². The molecule has 306 valence electrons. The second-order valence-electron chi connectivity index (χ2n) is 18.4. The summed E-state index contributed by atoms with van der Waals surface area (Å²) >= 11 is 0. The molecule has 1 saturated heterocycles. The monoisotopic (exact) mass is 791 g/mol. The minimum atomic E-state index is -4.80. The Hall–Kier alpha value is -2.37. The maximum Gasteiger partial charge on any atom is 0.472 e. The summed E-state index contributed by atoms with van der Waals surface area (Å²) in [6.07, 6.45) is 0.928. The van der Waals surface area contributed by atoms with Gasteiger partial charge in [0.15, 0.2) is 23.5 Å². The molecule has 0 radical (unpaired) electrons. The molecule has 16 nitrogen and oxygen atoms in total. The van der Waals surface area contributed by atoms with Crippen LogP contribution < -0.4 is 5.73 Å². The quantitative estimate of drug-likeness (QED) is 0.161. The Morgan fingerprint density at radius 3 is 2.51 bits per heavy atom. The van der Waals surface area contributed by atoms with Crippen LogP contribution in [0.2, 0.25) is 0 Å². The summed E-state index contributed by atoms with van der Waals surface area (Å²) in [6.45, 7) is 11.4. The molecule has 4 aliphatic carbocycles. The standard InChI is InChI=1S/C38H58N5O11P/c1-19(20-7-11-38(6)22-13-24(44)23-14-25(45)26(46)15-36(23,4)21(22)8-12-37(20,38)5)27(9-10-35(2,3)49)54-55(50,51)52-16-28-30(47)31(48)34(53-28)43-18-42-29-32(39)40-17-41-33(29)43/h13,17-21,23,25-28,30-31,34,45-49H,7-12,14-16H2,1-6H3,(H,50,51)(H2,39,40,41)/t19-,20+,21?,23?,25+,26-,27+,28+,30+,31+,34?,36+,37+,38-/m0/s1. The van der Waals surface area contributed by atoms with Crippen molar-refractivity contribution < 1.29 is 53.6 Å². The van der Waals surface area contributed by atoms with Gasteiger partial charge in [-0.1, -0.05) is 33.3 Å². The maximum absolute atomic E-state index is 13.7. The molecule has 7 rings (SSSR count). The molecule has 3 heterocycles. The van der Waals surface area contributed by atoms with Crippen molar-refractivity contribution in [2.75, 3.05) is 12.3 Å². The highest BCUT2D eigenvalue weighted by Gasteiger charge is 2.66. The van der Waals surface area contributed by atoms with E-state index < -0.39 is 68.3 Å². The van der Waals surface area contributed by atoms with E-state index in [0.29, 0.717) is 6.42 Å². The highest BCUT2D eigenvalue weighted by atomic mass is 31.2. The van der Waals surface area contributed by atoms with Crippen LogP contribution in [0.5, 0.6) is 0 Å². The lowest BCUT2D eigenvalue weighted by Gasteiger charge is -2.61. The van der Waals surface area contributed by atoms with Crippen molar-refractivity contribution in [3.05, 3.63) is 24.3 Å². The SMILES string of the molecule is C[C@@H]([C@H]1CC[C@@]2(C)C3=CC(=O)C4C[C@@H](O)[C@@H](O)C[C@]4(C)C3CC[C@]12C)[C@@H](CCC(C)(C)O)OP(=O)(O)OC[C@H]1OC(n2cnc3c(N)ncnc32)[C@H](O)[C@@H]1O. The third-order valence-electron chi connectivity index (χ3n) is 14.7. The minimum Gasteiger partial charge on any atom is -0.390 e. The number of aromatic nitrogens is 4. The topological polar surface area (TPSA) is 253 Å². The number of phosphoric acid groups is 1. The summed E-state index contributed by atoms with van der Waals surface area (Å²) in [5.74, 6) is -0.367. The van der Waals surface area contributed by atoms with Gasteiger partial charge in [-0.25, -0.2) is 19.5 Å². The Morgan fingerprint density at radius 1 is 1.07 bits per heavy atom. The predicted octanol–water partition coefficient (Wildman–Crippen LogP) is 3.20. The molecule has 5 aliphatic rings. The fourth-order valence-corrected chi connectivity index (χ4v) is 12.4. The molecule has 2 aromatic heterocycles. The second-order valence-corrected chi connectivity index (χ2v) is 19.8. The van der Waals surface area contributed by atoms with Gasteiger partial charge < -0.3 is 40.9 Å². The molecule has 0 spiro atoms. The molecular formula is C38H58N5O11P. The summed E-state index contributed by atoms with van der Waals surface area (Å²) in [7, 11) is -4.80. The summed E-state index contributed by atoms with van der Waals surface area (Å²) in [6, 6.07) is 0. The van der Waals surface area contributed by atoms with Crippen molar-refractivity contribution in [1.29, 1.82) is 0 Å². The first-order chi connectivity index (χ1) is 25.6. The molecule has 17 heteroatoms.